The van der Waals surface area contributed by atoms with Crippen molar-refractivity contribution in [3.05, 3.63) is 47.9 Å². The summed E-state index contributed by atoms with van der Waals surface area (Å²) in [5, 5.41) is 4.24. The third kappa shape index (κ3) is 4.44. The number of benzene rings is 1. The maximum Gasteiger partial charge on any atom is 0.123 e. The Balaban J connectivity index is 2.17. The summed E-state index contributed by atoms with van der Waals surface area (Å²) >= 11 is 1.69. The minimum Gasteiger partial charge on any atom is -0.494 e. The van der Waals surface area contributed by atoms with Crippen molar-refractivity contribution in [1.82, 2.24) is 15.3 Å². The van der Waals surface area contributed by atoms with E-state index in [0.29, 0.717) is 12.6 Å². The summed E-state index contributed by atoms with van der Waals surface area (Å²) in [6.45, 7) is 4.83. The predicted octanol–water partition coefficient (Wildman–Crippen LogP) is 3.45. The van der Waals surface area contributed by atoms with Crippen LogP contribution in [0.1, 0.15) is 31.0 Å². The Labute approximate surface area is 130 Å². The quantitative estimate of drug-likeness (QED) is 0.627. The van der Waals surface area contributed by atoms with Crippen molar-refractivity contribution in [1.29, 1.82) is 0 Å². The van der Waals surface area contributed by atoms with Gasteiger partial charge in [0.2, 0.25) is 0 Å². The van der Waals surface area contributed by atoms with Crippen molar-refractivity contribution < 1.29 is 4.74 Å². The first-order valence-corrected chi connectivity index (χ1v) is 8.04. The van der Waals surface area contributed by atoms with Gasteiger partial charge in [0.1, 0.15) is 12.1 Å². The van der Waals surface area contributed by atoms with Gasteiger partial charge in [-0.1, -0.05) is 6.07 Å². The zero-order valence-electron chi connectivity index (χ0n) is 12.7. The molecule has 5 heteroatoms. The van der Waals surface area contributed by atoms with Crippen LogP contribution in [-0.2, 0) is 5.75 Å². The molecular weight excluding hydrogens is 282 g/mol. The molecule has 21 heavy (non-hydrogen) atoms. The molecule has 1 atom stereocenters. The lowest BCUT2D eigenvalue weighted by molar-refractivity contribution is 0.337. The average molecular weight is 303 g/mol. The standard InChI is InChI=1S/C16H21N3OS/c1-4-20-15-6-5-13(12(2)17-3)9-14(15)10-21-16-7-8-18-11-19-16/h5-9,11-12,17H,4,10H2,1-3H3. The summed E-state index contributed by atoms with van der Waals surface area (Å²) in [6.07, 6.45) is 3.34. The van der Waals surface area contributed by atoms with Crippen LogP contribution in [0.5, 0.6) is 5.75 Å². The van der Waals surface area contributed by atoms with E-state index >= 15 is 0 Å². The number of aromatic nitrogens is 2. The van der Waals surface area contributed by atoms with E-state index < -0.39 is 0 Å². The SMILES string of the molecule is CCOc1ccc(C(C)NC)cc1CSc1ccncn1. The molecule has 2 aromatic rings. The number of nitrogens with zero attached hydrogens (tertiary/aromatic N) is 2. The molecule has 0 aliphatic rings. The summed E-state index contributed by atoms with van der Waals surface area (Å²) in [5.74, 6) is 1.78. The van der Waals surface area contributed by atoms with Crippen molar-refractivity contribution in [2.24, 2.45) is 0 Å². The number of rotatable bonds is 7. The highest BCUT2D eigenvalue weighted by Crippen LogP contribution is 2.29. The summed E-state index contributed by atoms with van der Waals surface area (Å²) < 4.78 is 5.73. The Morgan fingerprint density at radius 2 is 2.19 bits per heavy atom. The van der Waals surface area contributed by atoms with Crippen LogP contribution in [0.2, 0.25) is 0 Å². The number of nitrogens with one attached hydrogen (secondary N) is 1. The lowest BCUT2D eigenvalue weighted by Gasteiger charge is -2.15. The molecule has 2 rings (SSSR count). The van der Waals surface area contributed by atoms with Gasteiger partial charge in [-0.15, -0.1) is 11.8 Å². The molecule has 0 bridgehead atoms. The van der Waals surface area contributed by atoms with Crippen molar-refractivity contribution in [2.75, 3.05) is 13.7 Å². The van der Waals surface area contributed by atoms with Crippen LogP contribution in [-0.4, -0.2) is 23.6 Å². The molecule has 1 aromatic heterocycles. The van der Waals surface area contributed by atoms with Gasteiger partial charge < -0.3 is 10.1 Å². The Bertz CT molecular complexity index is 563. The molecule has 112 valence electrons. The number of hydrogen-bond acceptors (Lipinski definition) is 5. The van der Waals surface area contributed by atoms with Crippen LogP contribution in [0.25, 0.3) is 0 Å². The summed E-state index contributed by atoms with van der Waals surface area (Å²) in [6, 6.07) is 8.63. The Kier molecular flexibility index (Phi) is 6.02. The summed E-state index contributed by atoms with van der Waals surface area (Å²) in [5.41, 5.74) is 2.46. The van der Waals surface area contributed by atoms with E-state index in [0.717, 1.165) is 16.5 Å². The van der Waals surface area contributed by atoms with Gasteiger partial charge in [-0.2, -0.15) is 0 Å². The highest BCUT2D eigenvalue weighted by molar-refractivity contribution is 7.98. The number of thioether (sulfide) groups is 1. The molecule has 0 aliphatic carbocycles. The molecule has 0 saturated carbocycles. The van der Waals surface area contributed by atoms with Gasteiger partial charge in [0.15, 0.2) is 0 Å². The third-order valence-corrected chi connectivity index (χ3v) is 4.24. The molecule has 0 amide bonds. The van der Waals surface area contributed by atoms with E-state index in [1.807, 2.05) is 20.0 Å². The Morgan fingerprint density at radius 3 is 2.86 bits per heavy atom. The lowest BCUT2D eigenvalue weighted by Crippen LogP contribution is -2.12. The van der Waals surface area contributed by atoms with Gasteiger partial charge in [-0.3, -0.25) is 0 Å². The highest BCUT2D eigenvalue weighted by Gasteiger charge is 2.09. The summed E-state index contributed by atoms with van der Waals surface area (Å²) in [4.78, 5) is 8.18. The van der Waals surface area contributed by atoms with Crippen LogP contribution < -0.4 is 10.1 Å². The average Bonchev–Trinajstić information content (AvgIpc) is 2.54. The molecule has 0 saturated heterocycles. The molecule has 0 radical (unpaired) electrons. The maximum absolute atomic E-state index is 5.73. The molecule has 0 spiro atoms. The smallest absolute Gasteiger partial charge is 0.123 e. The van der Waals surface area contributed by atoms with E-state index in [9.17, 15) is 0 Å². The molecular formula is C16H21N3OS. The van der Waals surface area contributed by atoms with E-state index in [2.05, 4.69) is 40.4 Å². The third-order valence-electron chi connectivity index (χ3n) is 3.25. The van der Waals surface area contributed by atoms with Crippen molar-refractivity contribution in [3.8, 4) is 5.75 Å². The first-order chi connectivity index (χ1) is 10.2. The predicted molar refractivity (Wildman–Crippen MR) is 86.7 cm³/mol. The van der Waals surface area contributed by atoms with Crippen molar-refractivity contribution in [2.45, 2.75) is 30.7 Å². The molecule has 4 nitrogen and oxygen atoms in total. The second-order valence-corrected chi connectivity index (χ2v) is 5.64. The Morgan fingerprint density at radius 1 is 1.33 bits per heavy atom. The van der Waals surface area contributed by atoms with Crippen LogP contribution in [0.3, 0.4) is 0 Å². The topological polar surface area (TPSA) is 47.0 Å². The molecule has 1 heterocycles. The normalized spacial score (nSPS) is 12.1. The molecule has 1 aromatic carbocycles. The van der Waals surface area contributed by atoms with Crippen molar-refractivity contribution >= 4 is 11.8 Å². The second kappa shape index (κ2) is 8.00. The van der Waals surface area contributed by atoms with Crippen LogP contribution in [0.15, 0.2) is 41.8 Å². The first-order valence-electron chi connectivity index (χ1n) is 7.06. The minimum absolute atomic E-state index is 0.323. The minimum atomic E-state index is 0.323. The zero-order valence-corrected chi connectivity index (χ0v) is 13.5. The molecule has 0 fully saturated rings. The van der Waals surface area contributed by atoms with E-state index in [1.54, 1.807) is 24.3 Å². The highest BCUT2D eigenvalue weighted by atomic mass is 32.2. The lowest BCUT2D eigenvalue weighted by atomic mass is 10.1. The fourth-order valence-corrected chi connectivity index (χ4v) is 2.77. The fourth-order valence-electron chi connectivity index (χ4n) is 1.96. The summed E-state index contributed by atoms with van der Waals surface area (Å²) in [7, 11) is 1.97. The maximum atomic E-state index is 5.73. The molecule has 0 aliphatic heterocycles. The van der Waals surface area contributed by atoms with E-state index in [1.165, 1.54) is 11.1 Å². The molecule has 1 unspecified atom stereocenters. The van der Waals surface area contributed by atoms with Gasteiger partial charge >= 0.3 is 0 Å². The first kappa shape index (κ1) is 15.8. The van der Waals surface area contributed by atoms with E-state index in [4.69, 9.17) is 4.74 Å². The molecule has 1 N–H and O–H groups in total. The monoisotopic (exact) mass is 303 g/mol. The van der Waals surface area contributed by atoms with Gasteiger partial charge in [-0.05, 0) is 44.7 Å². The van der Waals surface area contributed by atoms with E-state index in [-0.39, 0.29) is 0 Å². The fraction of sp³-hybridized carbons (Fsp3) is 0.375. The second-order valence-electron chi connectivity index (χ2n) is 4.65. The Hall–Kier alpha value is -1.59. The van der Waals surface area contributed by atoms with Crippen molar-refractivity contribution in [3.63, 3.8) is 0 Å². The van der Waals surface area contributed by atoms with Gasteiger partial charge in [0.25, 0.3) is 0 Å². The number of hydrogen-bond donors (Lipinski definition) is 1. The van der Waals surface area contributed by atoms with Crippen LogP contribution >= 0.6 is 11.8 Å². The van der Waals surface area contributed by atoms with Gasteiger partial charge in [-0.25, -0.2) is 9.97 Å². The largest absolute Gasteiger partial charge is 0.494 e. The van der Waals surface area contributed by atoms with Gasteiger partial charge in [0, 0.05) is 23.6 Å². The van der Waals surface area contributed by atoms with Crippen LogP contribution in [0.4, 0.5) is 0 Å². The zero-order chi connectivity index (χ0) is 15.1. The van der Waals surface area contributed by atoms with Crippen LogP contribution in [0, 0.1) is 0 Å². The van der Waals surface area contributed by atoms with Gasteiger partial charge in [0.05, 0.1) is 11.6 Å². The number of ether oxygens (including phenoxy) is 1.